The summed E-state index contributed by atoms with van der Waals surface area (Å²) in [4.78, 5) is 35.7. The van der Waals surface area contributed by atoms with Crippen molar-refractivity contribution >= 4 is 29.3 Å². The van der Waals surface area contributed by atoms with Gasteiger partial charge >= 0.3 is 0 Å². The van der Waals surface area contributed by atoms with Gasteiger partial charge in [0, 0.05) is 16.1 Å². The van der Waals surface area contributed by atoms with E-state index >= 15 is 0 Å². The van der Waals surface area contributed by atoms with E-state index in [0.29, 0.717) is 22.1 Å². The van der Waals surface area contributed by atoms with Crippen LogP contribution in [0.2, 0.25) is 5.02 Å². The Labute approximate surface area is 153 Å². The molecule has 3 N–H and O–H groups in total. The van der Waals surface area contributed by atoms with Crippen LogP contribution in [0, 0.1) is 0 Å². The van der Waals surface area contributed by atoms with Crippen LogP contribution in [0.1, 0.15) is 20.7 Å². The molecule has 8 nitrogen and oxygen atoms in total. The molecule has 0 aliphatic carbocycles. The molecule has 1 aliphatic heterocycles. The van der Waals surface area contributed by atoms with E-state index in [0.717, 1.165) is 0 Å². The summed E-state index contributed by atoms with van der Waals surface area (Å²) in [5, 5.41) is 2.84. The molecule has 0 bridgehead atoms. The summed E-state index contributed by atoms with van der Waals surface area (Å²) in [6.45, 7) is -0.212. The first kappa shape index (κ1) is 17.6. The van der Waals surface area contributed by atoms with E-state index in [9.17, 15) is 14.4 Å². The predicted molar refractivity (Wildman–Crippen MR) is 92.0 cm³/mol. The summed E-state index contributed by atoms with van der Waals surface area (Å²) in [6, 6.07) is 11.0. The van der Waals surface area contributed by atoms with Crippen LogP contribution < -0.4 is 25.6 Å². The lowest BCUT2D eigenvalue weighted by atomic mass is 10.2. The minimum atomic E-state index is -0.588. The fraction of sp³-hybridized carbons (Fsp3) is 0.118. The maximum atomic E-state index is 12.0. The van der Waals surface area contributed by atoms with E-state index in [1.165, 1.54) is 18.2 Å². The van der Waals surface area contributed by atoms with Gasteiger partial charge in [0.2, 0.25) is 6.79 Å². The minimum Gasteiger partial charge on any atom is -0.454 e. The number of fused-ring (bicyclic) bond motifs is 1. The third kappa shape index (κ3) is 4.22. The van der Waals surface area contributed by atoms with Crippen molar-refractivity contribution in [2.24, 2.45) is 0 Å². The van der Waals surface area contributed by atoms with Gasteiger partial charge in [-0.2, -0.15) is 0 Å². The predicted octanol–water partition coefficient (Wildman–Crippen LogP) is 1.26. The van der Waals surface area contributed by atoms with Gasteiger partial charge in [-0.15, -0.1) is 0 Å². The zero-order valence-electron chi connectivity index (χ0n) is 13.4. The van der Waals surface area contributed by atoms with Gasteiger partial charge in [-0.1, -0.05) is 17.7 Å². The van der Waals surface area contributed by atoms with Gasteiger partial charge in [0.25, 0.3) is 17.7 Å². The van der Waals surface area contributed by atoms with E-state index in [1.54, 1.807) is 24.3 Å². The summed E-state index contributed by atoms with van der Waals surface area (Å²) in [5.41, 5.74) is 5.09. The molecule has 0 radical (unpaired) electrons. The number of carbonyl (C=O) groups is 3. The zero-order valence-corrected chi connectivity index (χ0v) is 14.1. The molecule has 0 saturated heterocycles. The Balaban J connectivity index is 1.46. The van der Waals surface area contributed by atoms with Crippen molar-refractivity contribution in [2.45, 2.75) is 0 Å². The van der Waals surface area contributed by atoms with E-state index in [1.807, 2.05) is 0 Å². The number of hydrogen-bond donors (Lipinski definition) is 3. The van der Waals surface area contributed by atoms with Crippen LogP contribution in [0.3, 0.4) is 0 Å². The lowest BCUT2D eigenvalue weighted by Gasteiger charge is -2.09. The molecule has 26 heavy (non-hydrogen) atoms. The molecular formula is C17H14ClN3O5. The van der Waals surface area contributed by atoms with Gasteiger partial charge in [0.15, 0.2) is 11.5 Å². The highest BCUT2D eigenvalue weighted by atomic mass is 35.5. The summed E-state index contributed by atoms with van der Waals surface area (Å²) in [5.74, 6) is -0.566. The van der Waals surface area contributed by atoms with Crippen LogP contribution in [0.5, 0.6) is 11.5 Å². The van der Waals surface area contributed by atoms with E-state index in [2.05, 4.69) is 16.2 Å². The number of benzene rings is 2. The van der Waals surface area contributed by atoms with Crippen LogP contribution in [0.25, 0.3) is 0 Å². The van der Waals surface area contributed by atoms with Gasteiger partial charge in [0.05, 0.1) is 6.54 Å². The number of nitrogens with one attached hydrogen (secondary N) is 3. The lowest BCUT2D eigenvalue weighted by molar-refractivity contribution is -0.120. The number of carbonyl (C=O) groups excluding carboxylic acids is 3. The highest BCUT2D eigenvalue weighted by Gasteiger charge is 2.16. The number of hydrogen-bond acceptors (Lipinski definition) is 5. The summed E-state index contributed by atoms with van der Waals surface area (Å²) in [7, 11) is 0. The largest absolute Gasteiger partial charge is 0.454 e. The standard InChI is InChI=1S/C17H14ClN3O5/c18-12-3-1-2-10(6-12)16(23)19-8-15(22)20-21-17(24)11-4-5-13-14(7-11)26-9-25-13/h1-7H,8-9H2,(H,19,23)(H,20,22)(H,21,24). The van der Waals surface area contributed by atoms with E-state index < -0.39 is 17.7 Å². The quantitative estimate of drug-likeness (QED) is 0.698. The monoisotopic (exact) mass is 375 g/mol. The molecule has 134 valence electrons. The summed E-state index contributed by atoms with van der Waals surface area (Å²) in [6.07, 6.45) is 0. The molecule has 3 amide bonds. The van der Waals surface area contributed by atoms with Gasteiger partial charge < -0.3 is 14.8 Å². The third-order valence-electron chi connectivity index (χ3n) is 3.45. The van der Waals surface area contributed by atoms with Gasteiger partial charge in [-0.25, -0.2) is 0 Å². The van der Waals surface area contributed by atoms with Crippen molar-refractivity contribution in [1.29, 1.82) is 0 Å². The maximum Gasteiger partial charge on any atom is 0.269 e. The average molecular weight is 376 g/mol. The Kier molecular flexibility index (Phi) is 5.23. The Morgan fingerprint density at radius 2 is 1.69 bits per heavy atom. The van der Waals surface area contributed by atoms with E-state index in [-0.39, 0.29) is 18.9 Å². The number of amides is 3. The number of hydrazine groups is 1. The molecule has 0 atom stereocenters. The van der Waals surface area contributed by atoms with Crippen LogP contribution in [-0.4, -0.2) is 31.1 Å². The Morgan fingerprint density at radius 1 is 0.923 bits per heavy atom. The summed E-state index contributed by atoms with van der Waals surface area (Å²) < 4.78 is 10.3. The Hall–Kier alpha value is -3.26. The van der Waals surface area contributed by atoms with Crippen molar-refractivity contribution in [3.8, 4) is 11.5 Å². The molecule has 3 rings (SSSR count). The fourth-order valence-corrected chi connectivity index (χ4v) is 2.36. The second-order valence-corrected chi connectivity index (χ2v) is 5.70. The minimum absolute atomic E-state index is 0.101. The van der Waals surface area contributed by atoms with Gasteiger partial charge in [-0.05, 0) is 36.4 Å². The van der Waals surface area contributed by atoms with Gasteiger partial charge in [0.1, 0.15) is 0 Å². The normalized spacial score (nSPS) is 11.6. The maximum absolute atomic E-state index is 12.0. The third-order valence-corrected chi connectivity index (χ3v) is 3.68. The topological polar surface area (TPSA) is 106 Å². The molecular weight excluding hydrogens is 362 g/mol. The first-order valence-electron chi connectivity index (χ1n) is 7.55. The first-order chi connectivity index (χ1) is 12.5. The molecule has 0 saturated carbocycles. The lowest BCUT2D eigenvalue weighted by Crippen LogP contribution is -2.46. The molecule has 9 heteroatoms. The summed E-state index contributed by atoms with van der Waals surface area (Å²) >= 11 is 5.81. The van der Waals surface area contributed by atoms with Crippen LogP contribution in [-0.2, 0) is 4.79 Å². The number of halogens is 1. The zero-order chi connectivity index (χ0) is 18.5. The Morgan fingerprint density at radius 3 is 2.50 bits per heavy atom. The van der Waals surface area contributed by atoms with Crippen LogP contribution >= 0.6 is 11.6 Å². The van der Waals surface area contributed by atoms with Crippen molar-refractivity contribution < 1.29 is 23.9 Å². The van der Waals surface area contributed by atoms with Crippen LogP contribution in [0.4, 0.5) is 0 Å². The van der Waals surface area contributed by atoms with Crippen molar-refractivity contribution in [1.82, 2.24) is 16.2 Å². The number of rotatable bonds is 4. The second kappa shape index (κ2) is 7.75. The van der Waals surface area contributed by atoms with Crippen molar-refractivity contribution in [2.75, 3.05) is 13.3 Å². The first-order valence-corrected chi connectivity index (χ1v) is 7.93. The highest BCUT2D eigenvalue weighted by Crippen LogP contribution is 2.32. The fourth-order valence-electron chi connectivity index (χ4n) is 2.17. The Bertz CT molecular complexity index is 871. The average Bonchev–Trinajstić information content (AvgIpc) is 3.11. The second-order valence-electron chi connectivity index (χ2n) is 5.26. The molecule has 0 spiro atoms. The SMILES string of the molecule is O=C(CNC(=O)c1cccc(Cl)c1)NNC(=O)c1ccc2c(c1)OCO2. The molecule has 2 aromatic rings. The van der Waals surface area contributed by atoms with Crippen molar-refractivity contribution in [3.05, 3.63) is 58.6 Å². The molecule has 1 aliphatic rings. The van der Waals surface area contributed by atoms with Gasteiger partial charge in [-0.3, -0.25) is 25.2 Å². The molecule has 1 heterocycles. The number of ether oxygens (including phenoxy) is 2. The van der Waals surface area contributed by atoms with Crippen molar-refractivity contribution in [3.63, 3.8) is 0 Å². The molecule has 0 aromatic heterocycles. The highest BCUT2D eigenvalue weighted by molar-refractivity contribution is 6.31. The van der Waals surface area contributed by atoms with E-state index in [4.69, 9.17) is 21.1 Å². The van der Waals surface area contributed by atoms with Crippen LogP contribution in [0.15, 0.2) is 42.5 Å². The molecule has 2 aromatic carbocycles. The molecule has 0 fully saturated rings. The molecule has 0 unspecified atom stereocenters. The smallest absolute Gasteiger partial charge is 0.269 e.